The summed E-state index contributed by atoms with van der Waals surface area (Å²) in [7, 11) is 0. The summed E-state index contributed by atoms with van der Waals surface area (Å²) in [4.78, 5) is 6.85. The van der Waals surface area contributed by atoms with E-state index >= 15 is 0 Å². The van der Waals surface area contributed by atoms with Crippen molar-refractivity contribution in [2.75, 3.05) is 4.90 Å². The van der Waals surface area contributed by atoms with Gasteiger partial charge in [0.25, 0.3) is 0 Å². The largest absolute Gasteiger partial charge is 0.339 e. The van der Waals surface area contributed by atoms with Crippen LogP contribution in [0.25, 0.3) is 11.3 Å². The second-order valence-corrected chi connectivity index (χ2v) is 5.96. The van der Waals surface area contributed by atoms with Crippen molar-refractivity contribution in [3.63, 3.8) is 0 Å². The van der Waals surface area contributed by atoms with Gasteiger partial charge in [0.15, 0.2) is 5.13 Å². The van der Waals surface area contributed by atoms with E-state index in [2.05, 4.69) is 34.1 Å². The van der Waals surface area contributed by atoms with E-state index in [-0.39, 0.29) is 5.82 Å². The Hall–Kier alpha value is -2.20. The summed E-state index contributed by atoms with van der Waals surface area (Å²) in [6.45, 7) is 1.75. The van der Waals surface area contributed by atoms with Gasteiger partial charge in [-0.25, -0.2) is 9.37 Å². The minimum atomic E-state index is -0.223. The first-order valence-electron chi connectivity index (χ1n) is 6.83. The Labute approximate surface area is 126 Å². The highest BCUT2D eigenvalue weighted by Gasteiger charge is 2.21. The highest BCUT2D eigenvalue weighted by atomic mass is 32.1. The molecule has 1 aliphatic rings. The van der Waals surface area contributed by atoms with Gasteiger partial charge in [-0.05, 0) is 23.3 Å². The normalized spacial score (nSPS) is 13.5. The predicted octanol–water partition coefficient (Wildman–Crippen LogP) is 4.47. The fourth-order valence-corrected chi connectivity index (χ4v) is 3.50. The zero-order valence-corrected chi connectivity index (χ0v) is 12.1. The van der Waals surface area contributed by atoms with Crippen LogP contribution in [-0.2, 0) is 13.1 Å². The monoisotopic (exact) mass is 296 g/mol. The average molecular weight is 296 g/mol. The lowest BCUT2D eigenvalue weighted by Crippen LogP contribution is -2.13. The van der Waals surface area contributed by atoms with Crippen molar-refractivity contribution < 1.29 is 4.39 Å². The molecule has 0 spiro atoms. The fourth-order valence-electron chi connectivity index (χ4n) is 2.67. The van der Waals surface area contributed by atoms with Crippen LogP contribution < -0.4 is 4.90 Å². The van der Waals surface area contributed by atoms with Crippen molar-refractivity contribution in [2.45, 2.75) is 13.1 Å². The maximum Gasteiger partial charge on any atom is 0.186 e. The number of hydrogen-bond acceptors (Lipinski definition) is 3. The zero-order chi connectivity index (χ0) is 14.2. The second kappa shape index (κ2) is 4.97. The molecular formula is C17H13FN2S. The minimum absolute atomic E-state index is 0.223. The number of aromatic nitrogens is 1. The molecule has 3 aromatic rings. The fraction of sp³-hybridized carbons (Fsp3) is 0.118. The standard InChI is InChI=1S/C17H13FN2S/c18-15-8-4-3-7-14(15)16-11-21-17(19-16)20-9-12-5-1-2-6-13(12)10-20/h1-8,11H,9-10H2. The van der Waals surface area contributed by atoms with Gasteiger partial charge in [-0.15, -0.1) is 11.3 Å². The van der Waals surface area contributed by atoms with E-state index in [0.29, 0.717) is 11.3 Å². The number of thiazole rings is 1. The molecule has 0 aliphatic carbocycles. The molecule has 0 fully saturated rings. The summed E-state index contributed by atoms with van der Waals surface area (Å²) < 4.78 is 13.8. The quantitative estimate of drug-likeness (QED) is 0.693. The summed E-state index contributed by atoms with van der Waals surface area (Å²) in [5, 5.41) is 2.88. The Morgan fingerprint density at radius 3 is 2.33 bits per heavy atom. The molecule has 0 radical (unpaired) electrons. The molecule has 2 heterocycles. The van der Waals surface area contributed by atoms with E-state index in [1.54, 1.807) is 23.5 Å². The molecule has 0 saturated heterocycles. The van der Waals surface area contributed by atoms with Crippen molar-refractivity contribution in [2.24, 2.45) is 0 Å². The number of anilines is 1. The molecule has 0 saturated carbocycles. The molecule has 1 aromatic heterocycles. The van der Waals surface area contributed by atoms with Crippen LogP contribution in [0.15, 0.2) is 53.9 Å². The SMILES string of the molecule is Fc1ccccc1-c1csc(N2Cc3ccccc3C2)n1. The molecule has 0 bridgehead atoms. The third kappa shape index (κ3) is 2.21. The highest BCUT2D eigenvalue weighted by molar-refractivity contribution is 7.14. The van der Waals surface area contributed by atoms with Gasteiger partial charge in [0.05, 0.1) is 5.69 Å². The van der Waals surface area contributed by atoms with Crippen LogP contribution in [-0.4, -0.2) is 4.98 Å². The van der Waals surface area contributed by atoms with Crippen molar-refractivity contribution >= 4 is 16.5 Å². The van der Waals surface area contributed by atoms with Gasteiger partial charge < -0.3 is 4.90 Å². The summed E-state index contributed by atoms with van der Waals surface area (Å²) in [5.74, 6) is -0.223. The maximum absolute atomic E-state index is 13.8. The molecule has 0 amide bonds. The first kappa shape index (κ1) is 12.5. The van der Waals surface area contributed by atoms with Crippen LogP contribution in [0.5, 0.6) is 0 Å². The number of rotatable bonds is 2. The molecule has 4 rings (SSSR count). The Kier molecular flexibility index (Phi) is 2.97. The van der Waals surface area contributed by atoms with Crippen LogP contribution in [0.4, 0.5) is 9.52 Å². The van der Waals surface area contributed by atoms with Crippen molar-refractivity contribution in [3.8, 4) is 11.3 Å². The lowest BCUT2D eigenvalue weighted by Gasteiger charge is -2.12. The molecular weight excluding hydrogens is 283 g/mol. The van der Waals surface area contributed by atoms with Gasteiger partial charge >= 0.3 is 0 Å². The van der Waals surface area contributed by atoms with Gasteiger partial charge in [0.2, 0.25) is 0 Å². The third-order valence-corrected chi connectivity index (χ3v) is 4.65. The van der Waals surface area contributed by atoms with Crippen molar-refractivity contribution in [3.05, 3.63) is 70.9 Å². The Morgan fingerprint density at radius 2 is 1.62 bits per heavy atom. The first-order valence-corrected chi connectivity index (χ1v) is 7.71. The molecule has 104 valence electrons. The minimum Gasteiger partial charge on any atom is -0.339 e. The van der Waals surface area contributed by atoms with E-state index < -0.39 is 0 Å². The number of hydrogen-bond donors (Lipinski definition) is 0. The Balaban J connectivity index is 1.63. The van der Waals surface area contributed by atoms with E-state index in [1.165, 1.54) is 17.2 Å². The van der Waals surface area contributed by atoms with E-state index in [1.807, 2.05) is 11.4 Å². The van der Waals surface area contributed by atoms with Gasteiger partial charge in [-0.3, -0.25) is 0 Å². The van der Waals surface area contributed by atoms with Gasteiger partial charge in [-0.1, -0.05) is 36.4 Å². The van der Waals surface area contributed by atoms with Crippen LogP contribution >= 0.6 is 11.3 Å². The van der Waals surface area contributed by atoms with Crippen LogP contribution in [0.1, 0.15) is 11.1 Å². The summed E-state index contributed by atoms with van der Waals surface area (Å²) in [6, 6.07) is 15.2. The summed E-state index contributed by atoms with van der Waals surface area (Å²) >= 11 is 1.57. The average Bonchev–Trinajstić information content (AvgIpc) is 3.14. The molecule has 0 unspecified atom stereocenters. The smallest absolute Gasteiger partial charge is 0.186 e. The lowest BCUT2D eigenvalue weighted by molar-refractivity contribution is 0.631. The number of fused-ring (bicyclic) bond motifs is 1. The van der Waals surface area contributed by atoms with Crippen molar-refractivity contribution in [1.29, 1.82) is 0 Å². The third-order valence-electron chi connectivity index (χ3n) is 3.75. The second-order valence-electron chi connectivity index (χ2n) is 5.12. The number of benzene rings is 2. The van der Waals surface area contributed by atoms with Crippen LogP contribution in [0.2, 0.25) is 0 Å². The van der Waals surface area contributed by atoms with E-state index in [0.717, 1.165) is 18.2 Å². The zero-order valence-electron chi connectivity index (χ0n) is 11.3. The van der Waals surface area contributed by atoms with Crippen molar-refractivity contribution in [1.82, 2.24) is 4.98 Å². The van der Waals surface area contributed by atoms with E-state index in [4.69, 9.17) is 0 Å². The van der Waals surface area contributed by atoms with Crippen LogP contribution in [0, 0.1) is 5.82 Å². The predicted molar refractivity (Wildman–Crippen MR) is 83.8 cm³/mol. The summed E-state index contributed by atoms with van der Waals surface area (Å²) in [5.41, 5.74) is 3.97. The molecule has 4 heteroatoms. The Morgan fingerprint density at radius 1 is 0.952 bits per heavy atom. The molecule has 2 aromatic carbocycles. The first-order chi connectivity index (χ1) is 10.3. The maximum atomic E-state index is 13.8. The molecule has 0 atom stereocenters. The van der Waals surface area contributed by atoms with E-state index in [9.17, 15) is 4.39 Å². The van der Waals surface area contributed by atoms with Gasteiger partial charge in [0, 0.05) is 24.0 Å². The molecule has 2 nitrogen and oxygen atoms in total. The van der Waals surface area contributed by atoms with Gasteiger partial charge in [0.1, 0.15) is 5.82 Å². The Bertz CT molecular complexity index is 772. The highest BCUT2D eigenvalue weighted by Crippen LogP contribution is 2.33. The molecule has 21 heavy (non-hydrogen) atoms. The number of nitrogens with zero attached hydrogens (tertiary/aromatic N) is 2. The summed E-state index contributed by atoms with van der Waals surface area (Å²) in [6.07, 6.45) is 0. The topological polar surface area (TPSA) is 16.1 Å². The lowest BCUT2D eigenvalue weighted by atomic mass is 10.1. The van der Waals surface area contributed by atoms with Crippen LogP contribution in [0.3, 0.4) is 0 Å². The molecule has 1 aliphatic heterocycles. The number of halogens is 1. The van der Waals surface area contributed by atoms with Gasteiger partial charge in [-0.2, -0.15) is 0 Å². The molecule has 0 N–H and O–H groups in total.